The van der Waals surface area contributed by atoms with Crippen molar-refractivity contribution in [3.8, 4) is 11.5 Å². The fourth-order valence-electron chi connectivity index (χ4n) is 1.90. The second-order valence-electron chi connectivity index (χ2n) is 5.24. The maximum atomic E-state index is 9.56. The van der Waals surface area contributed by atoms with E-state index in [1.54, 1.807) is 12.5 Å². The molecule has 0 fully saturated rings. The molecule has 2 rings (SSSR count). The van der Waals surface area contributed by atoms with Gasteiger partial charge in [-0.25, -0.2) is 0 Å². The summed E-state index contributed by atoms with van der Waals surface area (Å²) in [6.07, 6.45) is 3.28. The quantitative estimate of drug-likeness (QED) is 0.424. The number of hydrogen-bond donors (Lipinski definition) is 2. The second-order valence-corrected chi connectivity index (χ2v) is 7.13. The molecule has 144 valence electrons. The van der Waals surface area contributed by atoms with Gasteiger partial charge >= 0.3 is 29.6 Å². The SMILES string of the molecule is CCOc1ccc(NC(=S)Nc2ccc(OCC)cc2)cc1.C[S+](C)[O-].[NaH]. The Morgan fingerprint density at radius 2 is 1.15 bits per heavy atom. The molecule has 2 N–H and O–H groups in total. The second kappa shape index (κ2) is 15.0. The van der Waals surface area contributed by atoms with Crippen LogP contribution in [0.15, 0.2) is 48.5 Å². The van der Waals surface area contributed by atoms with Gasteiger partial charge in [0.15, 0.2) is 5.11 Å². The molecule has 0 bridgehead atoms. The Kier molecular flexibility index (Phi) is 14.5. The summed E-state index contributed by atoms with van der Waals surface area (Å²) in [4.78, 5) is 0. The van der Waals surface area contributed by atoms with Gasteiger partial charge in [0.05, 0.1) is 25.7 Å². The molecule has 0 radical (unpaired) electrons. The molecule has 5 nitrogen and oxygen atoms in total. The number of ether oxygens (including phenoxy) is 2. The Morgan fingerprint density at radius 3 is 1.41 bits per heavy atom. The number of rotatable bonds is 6. The van der Waals surface area contributed by atoms with E-state index in [0.717, 1.165) is 22.9 Å². The molecule has 0 amide bonds. The van der Waals surface area contributed by atoms with Crippen LogP contribution in [0.1, 0.15) is 13.8 Å². The summed E-state index contributed by atoms with van der Waals surface area (Å²) in [7, 11) is 0. The normalized spacial score (nSPS) is 9.41. The van der Waals surface area contributed by atoms with E-state index in [0.29, 0.717) is 18.3 Å². The van der Waals surface area contributed by atoms with Gasteiger partial charge in [-0.15, -0.1) is 0 Å². The average molecular weight is 419 g/mol. The van der Waals surface area contributed by atoms with Gasteiger partial charge in [0.1, 0.15) is 11.5 Å². The monoisotopic (exact) mass is 418 g/mol. The van der Waals surface area contributed by atoms with E-state index in [-0.39, 0.29) is 29.6 Å². The van der Waals surface area contributed by atoms with Gasteiger partial charge < -0.3 is 24.7 Å². The van der Waals surface area contributed by atoms with Crippen LogP contribution in [0.4, 0.5) is 11.4 Å². The van der Waals surface area contributed by atoms with Crippen LogP contribution in [0.3, 0.4) is 0 Å². The number of hydrogen-bond acceptors (Lipinski definition) is 4. The summed E-state index contributed by atoms with van der Waals surface area (Å²) in [6, 6.07) is 15.3. The zero-order chi connectivity index (χ0) is 19.4. The molecule has 0 aliphatic rings. The molecule has 0 aromatic heterocycles. The van der Waals surface area contributed by atoms with Gasteiger partial charge in [-0.1, -0.05) is 11.2 Å². The first kappa shape index (κ1) is 26.0. The van der Waals surface area contributed by atoms with E-state index < -0.39 is 11.2 Å². The molecule has 27 heavy (non-hydrogen) atoms. The van der Waals surface area contributed by atoms with Crippen LogP contribution in [0, 0.1) is 0 Å². The predicted molar refractivity (Wildman–Crippen MR) is 122 cm³/mol. The summed E-state index contributed by atoms with van der Waals surface area (Å²) < 4.78 is 20.4. The fraction of sp³-hybridized carbons (Fsp3) is 0.316. The first-order chi connectivity index (χ1) is 12.4. The van der Waals surface area contributed by atoms with Crippen molar-refractivity contribution in [1.29, 1.82) is 0 Å². The van der Waals surface area contributed by atoms with Crippen molar-refractivity contribution in [2.24, 2.45) is 0 Å². The summed E-state index contributed by atoms with van der Waals surface area (Å²) in [5.41, 5.74) is 1.82. The van der Waals surface area contributed by atoms with Crippen LogP contribution in [-0.4, -0.2) is 64.9 Å². The molecule has 0 saturated heterocycles. The van der Waals surface area contributed by atoms with E-state index in [1.165, 1.54) is 0 Å². The Labute approximate surface area is 192 Å². The van der Waals surface area contributed by atoms with Crippen LogP contribution in [-0.2, 0) is 11.2 Å². The number of thiocarbonyl (C=S) groups is 1. The third-order valence-electron chi connectivity index (χ3n) is 2.85. The van der Waals surface area contributed by atoms with Gasteiger partial charge in [-0.05, 0) is 74.6 Å². The first-order valence-electron chi connectivity index (χ1n) is 8.23. The van der Waals surface area contributed by atoms with Crippen molar-refractivity contribution in [2.75, 3.05) is 36.4 Å². The summed E-state index contributed by atoms with van der Waals surface area (Å²) in [6.45, 7) is 5.24. The molecule has 0 heterocycles. The van der Waals surface area contributed by atoms with Gasteiger partial charge in [0.2, 0.25) is 0 Å². The minimum absolute atomic E-state index is 0. The molecule has 0 aliphatic carbocycles. The van der Waals surface area contributed by atoms with Crippen molar-refractivity contribution < 1.29 is 14.0 Å². The molecule has 0 atom stereocenters. The van der Waals surface area contributed by atoms with Crippen molar-refractivity contribution in [3.63, 3.8) is 0 Å². The molecule has 0 aliphatic heterocycles. The molecular weight excluding hydrogens is 391 g/mol. The van der Waals surface area contributed by atoms with Crippen LogP contribution in [0.25, 0.3) is 0 Å². The summed E-state index contributed by atoms with van der Waals surface area (Å²) in [5.74, 6) is 1.69. The maximum absolute atomic E-state index is 9.56. The van der Waals surface area contributed by atoms with Gasteiger partial charge in [-0.3, -0.25) is 0 Å². The van der Waals surface area contributed by atoms with Crippen molar-refractivity contribution in [1.82, 2.24) is 0 Å². The van der Waals surface area contributed by atoms with Gasteiger partial charge in [0.25, 0.3) is 0 Å². The van der Waals surface area contributed by atoms with Gasteiger partial charge in [-0.2, -0.15) is 0 Å². The molecule has 0 unspecified atom stereocenters. The van der Waals surface area contributed by atoms with Gasteiger partial charge in [0, 0.05) is 11.4 Å². The minimum atomic E-state index is -0.611. The van der Waals surface area contributed by atoms with Crippen LogP contribution < -0.4 is 20.1 Å². The standard InChI is InChI=1S/C17H20N2O2S.C2H6OS.Na.H/c1-3-20-15-9-5-13(6-10-15)18-17(22)19-14-7-11-16(12-8-14)21-4-2;1-4(2)3;;/h5-12H,3-4H2,1-2H3,(H2,18,19,22);1-2H3;;. The van der Waals surface area contributed by atoms with E-state index in [1.807, 2.05) is 62.4 Å². The Hall–Kier alpha value is -0.960. The van der Waals surface area contributed by atoms with E-state index in [2.05, 4.69) is 10.6 Å². The van der Waals surface area contributed by atoms with E-state index in [9.17, 15) is 4.55 Å². The third kappa shape index (κ3) is 12.2. The first-order valence-corrected chi connectivity index (χ1v) is 10.6. The third-order valence-corrected chi connectivity index (χ3v) is 3.05. The zero-order valence-corrected chi connectivity index (χ0v) is 17.2. The van der Waals surface area contributed by atoms with Crippen molar-refractivity contribution in [2.45, 2.75) is 13.8 Å². The average Bonchev–Trinajstić information content (AvgIpc) is 2.58. The van der Waals surface area contributed by atoms with Crippen LogP contribution in [0.2, 0.25) is 0 Å². The molecular formula is C19H27N2NaO3S2. The Morgan fingerprint density at radius 1 is 0.852 bits per heavy atom. The summed E-state index contributed by atoms with van der Waals surface area (Å²) >= 11 is 4.69. The van der Waals surface area contributed by atoms with Crippen LogP contribution in [0.5, 0.6) is 11.5 Å². The molecule has 2 aromatic rings. The summed E-state index contributed by atoms with van der Waals surface area (Å²) in [5, 5.41) is 6.80. The fourth-order valence-corrected chi connectivity index (χ4v) is 2.13. The van der Waals surface area contributed by atoms with Crippen molar-refractivity contribution >= 4 is 69.4 Å². The number of benzene rings is 2. The Balaban J connectivity index is 0.00000123. The molecule has 8 heteroatoms. The van der Waals surface area contributed by atoms with Crippen LogP contribution >= 0.6 is 12.2 Å². The Bertz CT molecular complexity index is 597. The zero-order valence-electron chi connectivity index (χ0n) is 15.6. The number of anilines is 2. The van der Waals surface area contributed by atoms with Crippen molar-refractivity contribution in [3.05, 3.63) is 48.5 Å². The molecule has 0 spiro atoms. The predicted octanol–water partition coefficient (Wildman–Crippen LogP) is 3.64. The van der Waals surface area contributed by atoms with E-state index in [4.69, 9.17) is 21.7 Å². The molecule has 0 saturated carbocycles. The topological polar surface area (TPSA) is 65.6 Å². The van der Waals surface area contributed by atoms with E-state index >= 15 is 0 Å². The number of nitrogens with one attached hydrogen (secondary N) is 2. The molecule has 2 aromatic carbocycles.